The Hall–Kier alpha value is -1.73. The fourth-order valence-electron chi connectivity index (χ4n) is 1.92. The van der Waals surface area contributed by atoms with Crippen molar-refractivity contribution in [1.82, 2.24) is 15.1 Å². The highest BCUT2D eigenvalue weighted by molar-refractivity contribution is 9.10. The van der Waals surface area contributed by atoms with Crippen LogP contribution in [0.5, 0.6) is 0 Å². The van der Waals surface area contributed by atoms with E-state index in [4.69, 9.17) is 0 Å². The maximum absolute atomic E-state index is 11.1. The van der Waals surface area contributed by atoms with Gasteiger partial charge in [0.2, 0.25) is 0 Å². The lowest BCUT2D eigenvalue weighted by Crippen LogP contribution is -2.19. The maximum Gasteiger partial charge on any atom is 0.295 e. The van der Waals surface area contributed by atoms with E-state index < -0.39 is 4.92 Å². The third-order valence-electron chi connectivity index (χ3n) is 2.88. The second-order valence-corrected chi connectivity index (χ2v) is 6.08. The van der Waals surface area contributed by atoms with Crippen molar-refractivity contribution >= 4 is 21.6 Å². The average Bonchev–Trinajstić information content (AvgIpc) is 2.86. The zero-order chi connectivity index (χ0) is 15.4. The molecule has 112 valence electrons. The monoisotopic (exact) mass is 352 g/mol. The lowest BCUT2D eigenvalue weighted by atomic mass is 10.2. The lowest BCUT2D eigenvalue weighted by molar-refractivity contribution is -0.384. The molecule has 7 heteroatoms. The zero-order valence-corrected chi connectivity index (χ0v) is 13.5. The van der Waals surface area contributed by atoms with E-state index in [1.807, 2.05) is 6.07 Å². The Morgan fingerprint density at radius 3 is 2.86 bits per heavy atom. The van der Waals surface area contributed by atoms with Crippen molar-refractivity contribution in [3.8, 4) is 5.69 Å². The summed E-state index contributed by atoms with van der Waals surface area (Å²) >= 11 is 3.25. The van der Waals surface area contributed by atoms with Crippen LogP contribution in [0.4, 0.5) is 5.69 Å². The molecule has 2 rings (SSSR count). The van der Waals surface area contributed by atoms with Gasteiger partial charge in [0.05, 0.1) is 10.6 Å². The zero-order valence-electron chi connectivity index (χ0n) is 11.9. The fraction of sp³-hybridized carbons (Fsp3) is 0.357. The maximum atomic E-state index is 11.1. The van der Waals surface area contributed by atoms with E-state index in [9.17, 15) is 10.1 Å². The quantitative estimate of drug-likeness (QED) is 0.639. The first-order valence-corrected chi connectivity index (χ1v) is 7.46. The molecule has 0 bridgehead atoms. The van der Waals surface area contributed by atoms with E-state index in [-0.39, 0.29) is 5.69 Å². The van der Waals surface area contributed by atoms with E-state index in [0.717, 1.165) is 12.2 Å². The molecule has 0 saturated heterocycles. The molecular formula is C14H17BrN4O2. The number of benzene rings is 1. The number of rotatable bonds is 6. The van der Waals surface area contributed by atoms with Gasteiger partial charge in [0.15, 0.2) is 0 Å². The normalized spacial score (nSPS) is 11.0. The molecule has 0 amide bonds. The SMILES string of the molecule is CC(C)CNCc1ccn(-c2ccc(Br)cc2[N+](=O)[O-])n1. The number of halogens is 1. The summed E-state index contributed by atoms with van der Waals surface area (Å²) in [5.41, 5.74) is 1.33. The molecule has 0 radical (unpaired) electrons. The van der Waals surface area contributed by atoms with Crippen LogP contribution in [0.3, 0.4) is 0 Å². The van der Waals surface area contributed by atoms with Crippen LogP contribution in [0.2, 0.25) is 0 Å². The van der Waals surface area contributed by atoms with Crippen LogP contribution in [-0.4, -0.2) is 21.2 Å². The van der Waals surface area contributed by atoms with Gasteiger partial charge in [0, 0.05) is 23.3 Å². The standard InChI is InChI=1S/C14H17BrN4O2/c1-10(2)8-16-9-12-5-6-18(17-12)13-4-3-11(15)7-14(13)19(20)21/h3-7,10,16H,8-9H2,1-2H3. The molecule has 1 N–H and O–H groups in total. The highest BCUT2D eigenvalue weighted by Crippen LogP contribution is 2.26. The predicted molar refractivity (Wildman–Crippen MR) is 84.5 cm³/mol. The first-order chi connectivity index (χ1) is 9.97. The van der Waals surface area contributed by atoms with Gasteiger partial charge >= 0.3 is 0 Å². The van der Waals surface area contributed by atoms with E-state index >= 15 is 0 Å². The summed E-state index contributed by atoms with van der Waals surface area (Å²) < 4.78 is 2.21. The van der Waals surface area contributed by atoms with Crippen LogP contribution in [0, 0.1) is 16.0 Å². The van der Waals surface area contributed by atoms with Crippen molar-refractivity contribution in [2.45, 2.75) is 20.4 Å². The number of hydrogen-bond acceptors (Lipinski definition) is 4. The van der Waals surface area contributed by atoms with Crippen LogP contribution < -0.4 is 5.32 Å². The molecule has 0 aliphatic carbocycles. The minimum absolute atomic E-state index is 0.0224. The molecule has 21 heavy (non-hydrogen) atoms. The van der Waals surface area contributed by atoms with Crippen molar-refractivity contribution in [3.05, 3.63) is 50.7 Å². The second kappa shape index (κ2) is 6.82. The Morgan fingerprint density at radius 1 is 1.43 bits per heavy atom. The molecule has 0 spiro atoms. The summed E-state index contributed by atoms with van der Waals surface area (Å²) in [5, 5.41) is 18.8. The molecule has 6 nitrogen and oxygen atoms in total. The minimum Gasteiger partial charge on any atom is -0.311 e. The molecule has 1 aromatic heterocycles. The summed E-state index contributed by atoms with van der Waals surface area (Å²) in [6, 6.07) is 6.79. The van der Waals surface area contributed by atoms with Gasteiger partial charge in [-0.3, -0.25) is 10.1 Å². The van der Waals surface area contributed by atoms with Gasteiger partial charge in [-0.1, -0.05) is 29.8 Å². The minimum atomic E-state index is -0.404. The lowest BCUT2D eigenvalue weighted by Gasteiger charge is -2.05. The largest absolute Gasteiger partial charge is 0.311 e. The van der Waals surface area contributed by atoms with Gasteiger partial charge < -0.3 is 5.32 Å². The first kappa shape index (κ1) is 15.7. The van der Waals surface area contributed by atoms with Crippen LogP contribution in [0.1, 0.15) is 19.5 Å². The summed E-state index contributed by atoms with van der Waals surface area (Å²) in [6.45, 7) is 5.83. The van der Waals surface area contributed by atoms with Crippen molar-refractivity contribution in [2.75, 3.05) is 6.54 Å². The average molecular weight is 353 g/mol. The summed E-state index contributed by atoms with van der Waals surface area (Å²) in [4.78, 5) is 10.7. The summed E-state index contributed by atoms with van der Waals surface area (Å²) in [5.74, 6) is 0.569. The number of hydrogen-bond donors (Lipinski definition) is 1. The number of nitrogens with one attached hydrogen (secondary N) is 1. The molecule has 1 heterocycles. The smallest absolute Gasteiger partial charge is 0.295 e. The van der Waals surface area contributed by atoms with Gasteiger partial charge in [-0.2, -0.15) is 5.10 Å². The highest BCUT2D eigenvalue weighted by Gasteiger charge is 2.16. The van der Waals surface area contributed by atoms with Gasteiger partial charge in [0.1, 0.15) is 5.69 Å². The van der Waals surface area contributed by atoms with Crippen LogP contribution in [0.25, 0.3) is 5.69 Å². The Balaban J connectivity index is 2.19. The third kappa shape index (κ3) is 4.12. The molecule has 0 unspecified atom stereocenters. The number of aromatic nitrogens is 2. The van der Waals surface area contributed by atoms with Crippen molar-refractivity contribution < 1.29 is 4.92 Å². The molecule has 0 aliphatic heterocycles. The van der Waals surface area contributed by atoms with E-state index in [2.05, 4.69) is 40.2 Å². The molecule has 1 aromatic carbocycles. The summed E-state index contributed by atoms with van der Waals surface area (Å²) in [7, 11) is 0. The highest BCUT2D eigenvalue weighted by atomic mass is 79.9. The molecule has 0 atom stereocenters. The predicted octanol–water partition coefficient (Wildman–Crippen LogP) is 3.29. The number of nitrogens with zero attached hydrogens (tertiary/aromatic N) is 3. The van der Waals surface area contributed by atoms with E-state index in [1.54, 1.807) is 18.3 Å². The fourth-order valence-corrected chi connectivity index (χ4v) is 2.26. The van der Waals surface area contributed by atoms with Crippen molar-refractivity contribution in [1.29, 1.82) is 0 Å². The Labute approximate surface area is 131 Å². The third-order valence-corrected chi connectivity index (χ3v) is 3.38. The van der Waals surface area contributed by atoms with Gasteiger partial charge in [-0.25, -0.2) is 4.68 Å². The van der Waals surface area contributed by atoms with Gasteiger partial charge in [0.25, 0.3) is 5.69 Å². The van der Waals surface area contributed by atoms with Crippen molar-refractivity contribution in [3.63, 3.8) is 0 Å². The summed E-state index contributed by atoms with van der Waals surface area (Å²) in [6.07, 6.45) is 1.74. The van der Waals surface area contributed by atoms with Crippen molar-refractivity contribution in [2.24, 2.45) is 5.92 Å². The van der Waals surface area contributed by atoms with Gasteiger partial charge in [-0.15, -0.1) is 0 Å². The van der Waals surface area contributed by atoms with Crippen LogP contribution >= 0.6 is 15.9 Å². The van der Waals surface area contributed by atoms with E-state index in [0.29, 0.717) is 22.6 Å². The Kier molecular flexibility index (Phi) is 5.08. The number of nitro groups is 1. The first-order valence-electron chi connectivity index (χ1n) is 6.67. The topological polar surface area (TPSA) is 73.0 Å². The van der Waals surface area contributed by atoms with Crippen LogP contribution in [-0.2, 0) is 6.54 Å². The van der Waals surface area contributed by atoms with Gasteiger partial charge in [-0.05, 0) is 30.7 Å². The molecule has 0 fully saturated rings. The van der Waals surface area contributed by atoms with E-state index in [1.165, 1.54) is 10.7 Å². The molecule has 0 saturated carbocycles. The molecular weight excluding hydrogens is 336 g/mol. The Morgan fingerprint density at radius 2 is 2.19 bits per heavy atom. The van der Waals surface area contributed by atoms with Crippen LogP contribution in [0.15, 0.2) is 34.9 Å². The molecule has 2 aromatic rings. The Bertz CT molecular complexity index is 640. The second-order valence-electron chi connectivity index (χ2n) is 5.17. The number of nitro benzene ring substituents is 1. The molecule has 0 aliphatic rings.